The van der Waals surface area contributed by atoms with Gasteiger partial charge in [0, 0.05) is 18.7 Å². The highest BCUT2D eigenvalue weighted by Gasteiger charge is 2.44. The summed E-state index contributed by atoms with van der Waals surface area (Å²) in [6.45, 7) is 1.32. The molecular formula is C19H19FN2O4. The molecule has 0 radical (unpaired) electrons. The number of methoxy groups -OCH3 is 1. The number of aryl methyl sites for hydroxylation is 1. The molecule has 1 aliphatic heterocycles. The third-order valence-electron chi connectivity index (χ3n) is 5.27. The Morgan fingerprint density at radius 2 is 2.15 bits per heavy atom. The summed E-state index contributed by atoms with van der Waals surface area (Å²) >= 11 is 0. The molecule has 7 heteroatoms. The van der Waals surface area contributed by atoms with Gasteiger partial charge in [0.05, 0.1) is 25.2 Å². The average Bonchev–Trinajstić information content (AvgIpc) is 2.99. The number of hydrogen-bond donors (Lipinski definition) is 0. The highest BCUT2D eigenvalue weighted by molar-refractivity contribution is 5.67. The number of halogens is 1. The number of nitro groups is 1. The van der Waals surface area contributed by atoms with Crippen molar-refractivity contribution in [3.63, 3.8) is 0 Å². The average molecular weight is 358 g/mol. The van der Waals surface area contributed by atoms with Crippen LogP contribution in [0.25, 0.3) is 0 Å². The van der Waals surface area contributed by atoms with Crippen LogP contribution in [0.2, 0.25) is 0 Å². The lowest BCUT2D eigenvalue weighted by Crippen LogP contribution is -2.49. The molecule has 2 aromatic carbocycles. The standard InChI is InChI=1S/C19H19FN2O4/c1-25-14-10-16(20)18(22(23)24)17(11-14)21-8-9-26-19(12-21)7-6-13-4-2-3-5-15(13)19/h2-5,10-11H,6-9,12H2,1H3. The van der Waals surface area contributed by atoms with E-state index >= 15 is 0 Å². The molecule has 26 heavy (non-hydrogen) atoms. The first-order chi connectivity index (χ1) is 12.5. The third-order valence-corrected chi connectivity index (χ3v) is 5.27. The molecule has 2 aliphatic rings. The Morgan fingerprint density at radius 1 is 1.35 bits per heavy atom. The number of nitrogens with zero attached hydrogens (tertiary/aromatic N) is 2. The van der Waals surface area contributed by atoms with Gasteiger partial charge in [0.25, 0.3) is 0 Å². The Kier molecular flexibility index (Phi) is 4.03. The Hall–Kier alpha value is -2.67. The highest BCUT2D eigenvalue weighted by Crippen LogP contribution is 2.45. The van der Waals surface area contributed by atoms with Crippen LogP contribution in [0.5, 0.6) is 5.75 Å². The van der Waals surface area contributed by atoms with Gasteiger partial charge < -0.3 is 14.4 Å². The van der Waals surface area contributed by atoms with Crippen LogP contribution >= 0.6 is 0 Å². The number of anilines is 1. The number of rotatable bonds is 3. The van der Waals surface area contributed by atoms with E-state index in [4.69, 9.17) is 9.47 Å². The van der Waals surface area contributed by atoms with E-state index in [2.05, 4.69) is 6.07 Å². The van der Waals surface area contributed by atoms with E-state index in [1.807, 2.05) is 23.1 Å². The second kappa shape index (κ2) is 6.25. The van der Waals surface area contributed by atoms with E-state index in [1.54, 1.807) is 0 Å². The molecule has 0 N–H and O–H groups in total. The lowest BCUT2D eigenvalue weighted by molar-refractivity contribution is -0.386. The van der Waals surface area contributed by atoms with Gasteiger partial charge in [0.1, 0.15) is 17.0 Å². The molecule has 1 unspecified atom stereocenters. The van der Waals surface area contributed by atoms with Crippen molar-refractivity contribution >= 4 is 11.4 Å². The van der Waals surface area contributed by atoms with Crippen molar-refractivity contribution in [1.82, 2.24) is 0 Å². The third kappa shape index (κ3) is 2.59. The van der Waals surface area contributed by atoms with Gasteiger partial charge in [-0.05, 0) is 24.0 Å². The fourth-order valence-electron chi connectivity index (χ4n) is 4.06. The Balaban J connectivity index is 1.76. The molecule has 1 atom stereocenters. The maximum atomic E-state index is 14.3. The van der Waals surface area contributed by atoms with E-state index in [0.717, 1.165) is 24.5 Å². The molecule has 2 aromatic rings. The Bertz CT molecular complexity index is 869. The van der Waals surface area contributed by atoms with Gasteiger partial charge in [0.15, 0.2) is 0 Å². The zero-order valence-corrected chi connectivity index (χ0v) is 14.4. The topological polar surface area (TPSA) is 64.8 Å². The van der Waals surface area contributed by atoms with Gasteiger partial charge in [-0.15, -0.1) is 0 Å². The van der Waals surface area contributed by atoms with Gasteiger partial charge in [-0.1, -0.05) is 24.3 Å². The lowest BCUT2D eigenvalue weighted by Gasteiger charge is -2.42. The first kappa shape index (κ1) is 16.8. The van der Waals surface area contributed by atoms with E-state index in [-0.39, 0.29) is 11.4 Å². The predicted molar refractivity (Wildman–Crippen MR) is 94.2 cm³/mol. The van der Waals surface area contributed by atoms with Crippen LogP contribution in [0.15, 0.2) is 36.4 Å². The number of benzene rings is 2. The second-order valence-electron chi connectivity index (χ2n) is 6.66. The highest BCUT2D eigenvalue weighted by atomic mass is 19.1. The smallest absolute Gasteiger partial charge is 0.328 e. The van der Waals surface area contributed by atoms with Crippen molar-refractivity contribution in [2.24, 2.45) is 0 Å². The summed E-state index contributed by atoms with van der Waals surface area (Å²) in [6, 6.07) is 10.7. The summed E-state index contributed by atoms with van der Waals surface area (Å²) in [6.07, 6.45) is 1.71. The van der Waals surface area contributed by atoms with Gasteiger partial charge in [-0.3, -0.25) is 10.1 Å². The van der Waals surface area contributed by atoms with Crippen LogP contribution < -0.4 is 9.64 Å². The van der Waals surface area contributed by atoms with E-state index < -0.39 is 22.0 Å². The van der Waals surface area contributed by atoms with Gasteiger partial charge in [-0.25, -0.2) is 0 Å². The Morgan fingerprint density at radius 3 is 2.92 bits per heavy atom. The van der Waals surface area contributed by atoms with Crippen LogP contribution in [-0.2, 0) is 16.8 Å². The molecule has 0 amide bonds. The molecule has 1 saturated heterocycles. The van der Waals surface area contributed by atoms with Crippen molar-refractivity contribution < 1.29 is 18.8 Å². The SMILES string of the molecule is COc1cc(F)c([N+](=O)[O-])c(N2CCOC3(CCc4ccccc43)C2)c1. The maximum absolute atomic E-state index is 14.3. The lowest BCUT2D eigenvalue weighted by atomic mass is 9.93. The van der Waals surface area contributed by atoms with Crippen molar-refractivity contribution in [2.45, 2.75) is 18.4 Å². The summed E-state index contributed by atoms with van der Waals surface area (Å²) in [5.74, 6) is -0.632. The largest absolute Gasteiger partial charge is 0.497 e. The number of nitro benzene ring substituents is 1. The minimum Gasteiger partial charge on any atom is -0.497 e. The fraction of sp³-hybridized carbons (Fsp3) is 0.368. The van der Waals surface area contributed by atoms with E-state index in [1.165, 1.54) is 18.7 Å². The first-order valence-electron chi connectivity index (χ1n) is 8.53. The fourth-order valence-corrected chi connectivity index (χ4v) is 4.06. The number of hydrogen-bond acceptors (Lipinski definition) is 5. The Labute approximate surface area is 150 Å². The summed E-state index contributed by atoms with van der Waals surface area (Å²) in [7, 11) is 1.42. The van der Waals surface area contributed by atoms with E-state index in [0.29, 0.717) is 19.7 Å². The van der Waals surface area contributed by atoms with Crippen molar-refractivity contribution in [2.75, 3.05) is 31.7 Å². The number of ether oxygens (including phenoxy) is 2. The molecule has 1 aliphatic carbocycles. The van der Waals surface area contributed by atoms with E-state index in [9.17, 15) is 14.5 Å². The van der Waals surface area contributed by atoms with Crippen molar-refractivity contribution in [1.29, 1.82) is 0 Å². The molecule has 0 saturated carbocycles. The predicted octanol–water partition coefficient (Wildman–Crippen LogP) is 3.42. The van der Waals surface area contributed by atoms with Gasteiger partial charge in [-0.2, -0.15) is 4.39 Å². The summed E-state index contributed by atoms with van der Waals surface area (Å²) in [5, 5.41) is 11.5. The van der Waals surface area contributed by atoms with Crippen LogP contribution in [-0.4, -0.2) is 31.7 Å². The normalized spacial score (nSPS) is 21.7. The molecule has 6 nitrogen and oxygen atoms in total. The molecule has 0 bridgehead atoms. The van der Waals surface area contributed by atoms with Crippen LogP contribution in [0, 0.1) is 15.9 Å². The second-order valence-corrected chi connectivity index (χ2v) is 6.66. The molecule has 1 spiro atoms. The zero-order chi connectivity index (χ0) is 18.3. The van der Waals surface area contributed by atoms with Crippen LogP contribution in [0.1, 0.15) is 17.5 Å². The molecule has 4 rings (SSSR count). The monoisotopic (exact) mass is 358 g/mol. The molecule has 1 fully saturated rings. The molecule has 1 heterocycles. The van der Waals surface area contributed by atoms with Crippen LogP contribution in [0.3, 0.4) is 0 Å². The molecular weight excluding hydrogens is 339 g/mol. The molecule has 0 aromatic heterocycles. The summed E-state index contributed by atoms with van der Waals surface area (Å²) < 4.78 is 25.6. The maximum Gasteiger partial charge on any atom is 0.328 e. The van der Waals surface area contributed by atoms with Crippen LogP contribution in [0.4, 0.5) is 15.8 Å². The quantitative estimate of drug-likeness (QED) is 0.621. The molecule has 136 valence electrons. The van der Waals surface area contributed by atoms with Crippen molar-refractivity contribution in [3.8, 4) is 5.75 Å². The van der Waals surface area contributed by atoms with Crippen molar-refractivity contribution in [3.05, 3.63) is 63.5 Å². The summed E-state index contributed by atoms with van der Waals surface area (Å²) in [4.78, 5) is 12.6. The zero-order valence-electron chi connectivity index (χ0n) is 14.4. The minimum absolute atomic E-state index is 0.235. The first-order valence-corrected chi connectivity index (χ1v) is 8.53. The number of fused-ring (bicyclic) bond motifs is 2. The summed E-state index contributed by atoms with van der Waals surface area (Å²) in [5.41, 5.74) is 1.56. The van der Waals surface area contributed by atoms with Gasteiger partial charge in [0.2, 0.25) is 5.82 Å². The minimum atomic E-state index is -0.892. The van der Waals surface area contributed by atoms with Gasteiger partial charge >= 0.3 is 5.69 Å². The number of morpholine rings is 1.